The van der Waals surface area contributed by atoms with Crippen LogP contribution in [0.25, 0.3) is 22.1 Å². The van der Waals surface area contributed by atoms with Crippen molar-refractivity contribution in [1.82, 2.24) is 24.0 Å². The molecule has 0 bridgehead atoms. The minimum Gasteiger partial charge on any atom is -0.486 e. The van der Waals surface area contributed by atoms with Gasteiger partial charge >= 0.3 is 11.9 Å². The lowest BCUT2D eigenvalue weighted by Crippen LogP contribution is -2.46. The molecule has 258 valence electrons. The number of benzene rings is 3. The number of carbonyl (C=O) groups is 2. The van der Waals surface area contributed by atoms with Crippen LogP contribution in [-0.4, -0.2) is 103 Å². The predicted octanol–water partition coefficient (Wildman–Crippen LogP) is 3.98. The van der Waals surface area contributed by atoms with Gasteiger partial charge in [-0.3, -0.25) is 4.90 Å². The number of aromatic nitrogens is 4. The number of fused-ring (bicyclic) bond motifs is 3. The summed E-state index contributed by atoms with van der Waals surface area (Å²) in [5.41, 5.74) is 11.4. The molecule has 0 unspecified atom stereocenters. The Morgan fingerprint density at radius 1 is 0.714 bits per heavy atom. The van der Waals surface area contributed by atoms with E-state index in [-0.39, 0.29) is 11.9 Å². The molecule has 0 spiro atoms. The van der Waals surface area contributed by atoms with E-state index in [1.165, 1.54) is 19.9 Å². The minimum absolute atomic E-state index is 0.324. The monoisotopic (exact) mass is 669 g/mol. The zero-order valence-electron chi connectivity index (χ0n) is 28.0. The summed E-state index contributed by atoms with van der Waals surface area (Å²) in [6.45, 7) is 8.62. The van der Waals surface area contributed by atoms with Crippen LogP contribution in [-0.2, 0) is 22.6 Å². The van der Waals surface area contributed by atoms with Crippen LogP contribution in [0, 0.1) is 0 Å². The third-order valence-corrected chi connectivity index (χ3v) is 8.82. The third-order valence-electron chi connectivity index (χ3n) is 8.82. The number of anilines is 1. The van der Waals surface area contributed by atoms with Crippen molar-refractivity contribution in [2.45, 2.75) is 25.9 Å². The lowest BCUT2D eigenvalue weighted by molar-refractivity contribution is 0.0592. The number of methoxy groups -OCH3 is 2. The molecule has 13 heteroatoms. The normalized spacial score (nSPS) is 14.4. The maximum atomic E-state index is 11.8. The Morgan fingerprint density at radius 2 is 1.29 bits per heavy atom. The van der Waals surface area contributed by atoms with Crippen LogP contribution >= 0.6 is 0 Å². The summed E-state index contributed by atoms with van der Waals surface area (Å²) in [7, 11) is 2.77. The summed E-state index contributed by atoms with van der Waals surface area (Å²) in [6.07, 6.45) is 5.53. The van der Waals surface area contributed by atoms with Crippen molar-refractivity contribution in [2.24, 2.45) is 5.73 Å². The molecule has 0 atom stereocenters. The molecule has 1 saturated heterocycles. The fourth-order valence-corrected chi connectivity index (χ4v) is 6.14. The van der Waals surface area contributed by atoms with Gasteiger partial charge in [0, 0.05) is 51.0 Å². The van der Waals surface area contributed by atoms with Gasteiger partial charge in [-0.1, -0.05) is 0 Å². The van der Waals surface area contributed by atoms with Crippen LogP contribution in [0.15, 0.2) is 67.3 Å². The molecule has 2 N–H and O–H groups in total. The SMILES string of the molecule is COC(=O)c1ccc2ncn(CCCN)c2c1.COC(=O)c1ccc2ncn(CCCN3CCN(c4ccc5c(c4)OCCO5)CC3)c2c1. The van der Waals surface area contributed by atoms with Gasteiger partial charge in [-0.2, -0.15) is 0 Å². The minimum atomic E-state index is -0.335. The average Bonchev–Trinajstić information content (AvgIpc) is 3.76. The van der Waals surface area contributed by atoms with Crippen LogP contribution in [0.3, 0.4) is 0 Å². The summed E-state index contributed by atoms with van der Waals surface area (Å²) in [5.74, 6) is 1.03. The summed E-state index contributed by atoms with van der Waals surface area (Å²) < 4.78 is 25.0. The largest absolute Gasteiger partial charge is 0.486 e. The number of imidazole rings is 2. The standard InChI is InChI=1S/C24H28N4O4.C12H15N3O2/c1-30-24(29)18-3-5-20-21(15-18)28(17-25-20)8-2-7-26-9-11-27(12-10-26)19-4-6-22-23(16-19)32-14-13-31-22;1-17-12(16)9-3-4-10-11(7-9)15(8-14-10)6-2-5-13/h3-6,15-17H,2,7-14H2,1H3;3-4,7-8H,2,5-6,13H2,1H3. The highest BCUT2D eigenvalue weighted by Gasteiger charge is 2.20. The first-order valence-corrected chi connectivity index (χ1v) is 16.6. The first-order valence-electron chi connectivity index (χ1n) is 16.6. The molecule has 2 aliphatic heterocycles. The number of nitrogens with two attached hydrogens (primary N) is 1. The lowest BCUT2D eigenvalue weighted by Gasteiger charge is -2.36. The summed E-state index contributed by atoms with van der Waals surface area (Å²) in [5, 5.41) is 0. The molecule has 1 fully saturated rings. The molecule has 4 heterocycles. The maximum Gasteiger partial charge on any atom is 0.337 e. The Hall–Kier alpha value is -5.14. The van der Waals surface area contributed by atoms with Gasteiger partial charge in [0.2, 0.25) is 0 Å². The number of ether oxygens (including phenoxy) is 4. The van der Waals surface area contributed by atoms with Gasteiger partial charge < -0.3 is 38.7 Å². The highest BCUT2D eigenvalue weighted by molar-refractivity contribution is 5.94. The molecular formula is C36H43N7O6. The Kier molecular flexibility index (Phi) is 10.9. The van der Waals surface area contributed by atoms with E-state index in [1.807, 2.05) is 35.2 Å². The van der Waals surface area contributed by atoms with Gasteiger partial charge in [-0.05, 0) is 74.5 Å². The topological polar surface area (TPSA) is 139 Å². The number of rotatable bonds is 10. The van der Waals surface area contributed by atoms with Crippen molar-refractivity contribution in [2.75, 3.05) is 71.6 Å². The van der Waals surface area contributed by atoms with Crippen molar-refractivity contribution in [1.29, 1.82) is 0 Å². The third kappa shape index (κ3) is 7.95. The second-order valence-corrected chi connectivity index (χ2v) is 11.9. The highest BCUT2D eigenvalue weighted by Crippen LogP contribution is 2.34. The molecular weight excluding hydrogens is 626 g/mol. The highest BCUT2D eigenvalue weighted by atomic mass is 16.6. The summed E-state index contributed by atoms with van der Waals surface area (Å²) in [4.78, 5) is 36.9. The quantitative estimate of drug-likeness (QED) is 0.216. The first kappa shape index (κ1) is 33.7. The molecule has 3 aromatic carbocycles. The molecule has 2 aromatic heterocycles. The van der Waals surface area contributed by atoms with Gasteiger partial charge in [0.15, 0.2) is 11.5 Å². The Bertz CT molecular complexity index is 1900. The fraction of sp³-hybridized carbons (Fsp3) is 0.389. The molecule has 13 nitrogen and oxygen atoms in total. The second kappa shape index (κ2) is 15.8. The summed E-state index contributed by atoms with van der Waals surface area (Å²) in [6, 6.07) is 17.0. The van der Waals surface area contributed by atoms with Crippen molar-refractivity contribution >= 4 is 39.7 Å². The number of nitrogens with zero attached hydrogens (tertiary/aromatic N) is 6. The van der Waals surface area contributed by atoms with Gasteiger partial charge in [-0.25, -0.2) is 19.6 Å². The van der Waals surface area contributed by atoms with E-state index >= 15 is 0 Å². The van der Waals surface area contributed by atoms with E-state index in [4.69, 9.17) is 24.7 Å². The number of carbonyl (C=O) groups excluding carboxylic acids is 2. The smallest absolute Gasteiger partial charge is 0.337 e. The van der Waals surface area contributed by atoms with Gasteiger partial charge in [0.1, 0.15) is 13.2 Å². The Morgan fingerprint density at radius 3 is 1.86 bits per heavy atom. The number of esters is 2. The molecule has 5 aromatic rings. The molecule has 0 aliphatic carbocycles. The van der Waals surface area contributed by atoms with Crippen LogP contribution in [0.1, 0.15) is 33.6 Å². The van der Waals surface area contributed by atoms with E-state index in [0.29, 0.717) is 30.9 Å². The van der Waals surface area contributed by atoms with E-state index in [9.17, 15) is 9.59 Å². The lowest BCUT2D eigenvalue weighted by atomic mass is 10.2. The van der Waals surface area contributed by atoms with Crippen molar-refractivity contribution in [3.8, 4) is 11.5 Å². The van der Waals surface area contributed by atoms with Crippen molar-refractivity contribution in [3.63, 3.8) is 0 Å². The Labute approximate surface area is 285 Å². The molecule has 49 heavy (non-hydrogen) atoms. The average molecular weight is 670 g/mol. The second-order valence-electron chi connectivity index (χ2n) is 11.9. The number of aryl methyl sites for hydroxylation is 2. The molecule has 0 radical (unpaired) electrons. The molecule has 0 saturated carbocycles. The van der Waals surface area contributed by atoms with Crippen LogP contribution in [0.2, 0.25) is 0 Å². The molecule has 2 aliphatic rings. The van der Waals surface area contributed by atoms with E-state index in [2.05, 4.69) is 36.5 Å². The number of hydrogen-bond acceptors (Lipinski definition) is 11. The maximum absolute atomic E-state index is 11.8. The van der Waals surface area contributed by atoms with Crippen LogP contribution in [0.4, 0.5) is 5.69 Å². The van der Waals surface area contributed by atoms with E-state index in [0.717, 1.165) is 92.2 Å². The van der Waals surface area contributed by atoms with Crippen LogP contribution < -0.4 is 20.1 Å². The Balaban J connectivity index is 0.000000207. The number of hydrogen-bond donors (Lipinski definition) is 1. The van der Waals surface area contributed by atoms with Crippen LogP contribution in [0.5, 0.6) is 11.5 Å². The first-order chi connectivity index (χ1) is 24.0. The zero-order chi connectivity index (χ0) is 34.2. The molecule has 0 amide bonds. The molecule has 7 rings (SSSR count). The van der Waals surface area contributed by atoms with E-state index < -0.39 is 0 Å². The predicted molar refractivity (Wildman–Crippen MR) is 187 cm³/mol. The van der Waals surface area contributed by atoms with E-state index in [1.54, 1.807) is 24.5 Å². The number of piperazine rings is 1. The van der Waals surface area contributed by atoms with Crippen molar-refractivity contribution < 1.29 is 28.5 Å². The fourth-order valence-electron chi connectivity index (χ4n) is 6.14. The zero-order valence-corrected chi connectivity index (χ0v) is 28.0. The van der Waals surface area contributed by atoms with Gasteiger partial charge in [-0.15, -0.1) is 0 Å². The van der Waals surface area contributed by atoms with Crippen molar-refractivity contribution in [3.05, 3.63) is 78.4 Å². The van der Waals surface area contributed by atoms with Gasteiger partial charge in [0.05, 0.1) is 60.1 Å². The summed E-state index contributed by atoms with van der Waals surface area (Å²) >= 11 is 0. The van der Waals surface area contributed by atoms with Gasteiger partial charge in [0.25, 0.3) is 0 Å².